The molecule has 0 aliphatic heterocycles. The molecule has 0 aromatic heterocycles. The van der Waals surface area contributed by atoms with Gasteiger partial charge in [-0.15, -0.1) is 0 Å². The van der Waals surface area contributed by atoms with Gasteiger partial charge >= 0.3 is 6.03 Å². The largest absolute Gasteiger partial charge is 0.374 e. The number of carbonyl (C=O) groups excluding carboxylic acids is 2. The molecule has 3 amide bonds. The predicted molar refractivity (Wildman–Crippen MR) is 89.7 cm³/mol. The van der Waals surface area contributed by atoms with Gasteiger partial charge in [0.1, 0.15) is 0 Å². The van der Waals surface area contributed by atoms with Crippen molar-refractivity contribution in [3.05, 3.63) is 35.4 Å². The summed E-state index contributed by atoms with van der Waals surface area (Å²) in [5.41, 5.74) is 7.13. The number of amides is 3. The second-order valence-electron chi connectivity index (χ2n) is 5.70. The maximum atomic E-state index is 11.7. The monoisotopic (exact) mass is 321 g/mol. The molecular weight excluding hydrogens is 294 g/mol. The van der Waals surface area contributed by atoms with Gasteiger partial charge in [0.15, 0.2) is 0 Å². The van der Waals surface area contributed by atoms with E-state index in [0.717, 1.165) is 24.0 Å². The molecule has 0 heterocycles. The molecule has 128 valence electrons. The minimum absolute atomic E-state index is 0.0105. The fourth-order valence-corrected chi connectivity index (χ4v) is 1.93. The van der Waals surface area contributed by atoms with Gasteiger partial charge in [0.05, 0.1) is 12.7 Å². The van der Waals surface area contributed by atoms with E-state index in [9.17, 15) is 9.59 Å². The van der Waals surface area contributed by atoms with Crippen LogP contribution in [-0.4, -0.2) is 24.6 Å². The quantitative estimate of drug-likeness (QED) is 0.576. The lowest BCUT2D eigenvalue weighted by Gasteiger charge is -2.09. The molecule has 0 saturated heterocycles. The van der Waals surface area contributed by atoms with Gasteiger partial charge in [0.2, 0.25) is 5.91 Å². The third-order valence-electron chi connectivity index (χ3n) is 3.23. The van der Waals surface area contributed by atoms with Crippen molar-refractivity contribution in [2.75, 3.05) is 6.54 Å². The molecule has 0 fully saturated rings. The van der Waals surface area contributed by atoms with Crippen molar-refractivity contribution in [3.63, 3.8) is 0 Å². The van der Waals surface area contributed by atoms with E-state index in [0.29, 0.717) is 26.1 Å². The number of unbranched alkanes of at least 4 members (excludes halogenated alkanes) is 1. The van der Waals surface area contributed by atoms with Crippen molar-refractivity contribution >= 4 is 11.9 Å². The highest BCUT2D eigenvalue weighted by atomic mass is 16.5. The van der Waals surface area contributed by atoms with Crippen LogP contribution in [0.25, 0.3) is 0 Å². The summed E-state index contributed by atoms with van der Waals surface area (Å²) in [5, 5.41) is 5.38. The first-order valence-corrected chi connectivity index (χ1v) is 7.97. The summed E-state index contributed by atoms with van der Waals surface area (Å²) >= 11 is 0. The molecule has 1 aromatic carbocycles. The van der Waals surface area contributed by atoms with Gasteiger partial charge in [-0.1, -0.05) is 24.3 Å². The highest BCUT2D eigenvalue weighted by molar-refractivity contribution is 5.75. The fourth-order valence-electron chi connectivity index (χ4n) is 1.93. The molecular formula is C17H27N3O3. The number of ether oxygens (including phenoxy) is 1. The summed E-state index contributed by atoms with van der Waals surface area (Å²) in [6.07, 6.45) is 2.12. The van der Waals surface area contributed by atoms with E-state index in [1.807, 2.05) is 38.1 Å². The lowest BCUT2D eigenvalue weighted by Crippen LogP contribution is -2.30. The molecule has 4 N–H and O–H groups in total. The lowest BCUT2D eigenvalue weighted by atomic mass is 10.1. The van der Waals surface area contributed by atoms with Crippen LogP contribution in [0.1, 0.15) is 44.2 Å². The number of nitrogens with two attached hydrogens (primary N) is 1. The number of primary amides is 1. The second kappa shape index (κ2) is 10.6. The number of carbonyl (C=O) groups is 2. The number of nitrogens with one attached hydrogen (secondary N) is 2. The van der Waals surface area contributed by atoms with Crippen LogP contribution < -0.4 is 16.4 Å². The minimum Gasteiger partial charge on any atom is -0.374 e. The normalized spacial score (nSPS) is 10.6. The van der Waals surface area contributed by atoms with Crippen molar-refractivity contribution in [2.45, 2.75) is 52.4 Å². The molecule has 1 aromatic rings. The van der Waals surface area contributed by atoms with Crippen LogP contribution in [0.3, 0.4) is 0 Å². The van der Waals surface area contributed by atoms with E-state index in [-0.39, 0.29) is 12.0 Å². The number of rotatable bonds is 10. The van der Waals surface area contributed by atoms with E-state index in [4.69, 9.17) is 10.5 Å². The molecule has 0 unspecified atom stereocenters. The molecule has 0 aliphatic carbocycles. The van der Waals surface area contributed by atoms with Gasteiger partial charge in [0.25, 0.3) is 0 Å². The van der Waals surface area contributed by atoms with Crippen molar-refractivity contribution in [1.29, 1.82) is 0 Å². The molecule has 0 bridgehead atoms. The van der Waals surface area contributed by atoms with E-state index in [2.05, 4.69) is 10.6 Å². The minimum atomic E-state index is -0.531. The molecule has 0 atom stereocenters. The van der Waals surface area contributed by atoms with Crippen molar-refractivity contribution in [1.82, 2.24) is 10.6 Å². The first-order chi connectivity index (χ1) is 11.0. The van der Waals surface area contributed by atoms with E-state index in [1.165, 1.54) is 0 Å². The maximum Gasteiger partial charge on any atom is 0.312 e. The summed E-state index contributed by atoms with van der Waals surface area (Å²) in [6, 6.07) is 7.49. The molecule has 6 heteroatoms. The summed E-state index contributed by atoms with van der Waals surface area (Å²) in [5.74, 6) is 0.0105. The maximum absolute atomic E-state index is 11.7. The van der Waals surface area contributed by atoms with Crippen molar-refractivity contribution in [2.24, 2.45) is 5.73 Å². The molecule has 6 nitrogen and oxygen atoms in total. The third kappa shape index (κ3) is 9.52. The first kappa shape index (κ1) is 19.0. The smallest absolute Gasteiger partial charge is 0.312 e. The van der Waals surface area contributed by atoms with Crippen LogP contribution in [-0.2, 0) is 22.7 Å². The highest BCUT2D eigenvalue weighted by Crippen LogP contribution is 2.07. The van der Waals surface area contributed by atoms with Crippen LogP contribution >= 0.6 is 0 Å². The molecule has 0 saturated carbocycles. The number of hydrogen-bond donors (Lipinski definition) is 3. The number of urea groups is 1. The lowest BCUT2D eigenvalue weighted by molar-refractivity contribution is -0.121. The van der Waals surface area contributed by atoms with E-state index in [1.54, 1.807) is 0 Å². The first-order valence-electron chi connectivity index (χ1n) is 7.97. The Bertz CT molecular complexity index is 486. The SMILES string of the molecule is CC(C)OCc1ccc(CNC(=O)CCCCNC(N)=O)cc1. The fraction of sp³-hybridized carbons (Fsp3) is 0.529. The molecule has 1 rings (SSSR count). The summed E-state index contributed by atoms with van der Waals surface area (Å²) in [4.78, 5) is 22.2. The Kier molecular flexibility index (Phi) is 8.75. The Balaban J connectivity index is 2.18. The average molecular weight is 321 g/mol. The zero-order valence-corrected chi connectivity index (χ0v) is 13.9. The summed E-state index contributed by atoms with van der Waals surface area (Å²) in [6.45, 7) is 5.64. The van der Waals surface area contributed by atoms with Crippen molar-refractivity contribution < 1.29 is 14.3 Å². The summed E-state index contributed by atoms with van der Waals surface area (Å²) in [7, 11) is 0. The number of hydrogen-bond acceptors (Lipinski definition) is 3. The average Bonchev–Trinajstić information content (AvgIpc) is 2.51. The molecule has 0 radical (unpaired) electrons. The Hall–Kier alpha value is -2.08. The topological polar surface area (TPSA) is 93.4 Å². The van der Waals surface area contributed by atoms with Gasteiger partial charge < -0.3 is 21.1 Å². The second-order valence-corrected chi connectivity index (χ2v) is 5.70. The standard InChI is InChI=1S/C17H27N3O3/c1-13(2)23-12-15-8-6-14(7-9-15)11-20-16(21)5-3-4-10-19-17(18)22/h6-9,13H,3-5,10-12H2,1-2H3,(H,20,21)(H3,18,19,22). The Morgan fingerprint density at radius 1 is 1.09 bits per heavy atom. The van der Waals surface area contributed by atoms with E-state index < -0.39 is 6.03 Å². The van der Waals surface area contributed by atoms with Crippen LogP contribution in [0, 0.1) is 0 Å². The third-order valence-corrected chi connectivity index (χ3v) is 3.23. The van der Waals surface area contributed by atoms with Gasteiger partial charge in [0, 0.05) is 19.5 Å². The van der Waals surface area contributed by atoms with Gasteiger partial charge in [-0.2, -0.15) is 0 Å². The zero-order chi connectivity index (χ0) is 17.1. The number of benzene rings is 1. The Morgan fingerprint density at radius 3 is 2.35 bits per heavy atom. The van der Waals surface area contributed by atoms with Gasteiger partial charge in [-0.25, -0.2) is 4.79 Å². The zero-order valence-electron chi connectivity index (χ0n) is 13.9. The highest BCUT2D eigenvalue weighted by Gasteiger charge is 2.02. The Morgan fingerprint density at radius 2 is 1.74 bits per heavy atom. The molecule has 0 spiro atoms. The van der Waals surface area contributed by atoms with Gasteiger partial charge in [-0.05, 0) is 37.8 Å². The predicted octanol–water partition coefficient (Wildman–Crippen LogP) is 2.07. The van der Waals surface area contributed by atoms with Crippen LogP contribution in [0.4, 0.5) is 4.79 Å². The molecule has 23 heavy (non-hydrogen) atoms. The summed E-state index contributed by atoms with van der Waals surface area (Å²) < 4.78 is 5.54. The van der Waals surface area contributed by atoms with Crippen LogP contribution in [0.5, 0.6) is 0 Å². The molecule has 0 aliphatic rings. The Labute approximate surface area is 137 Å². The van der Waals surface area contributed by atoms with Crippen LogP contribution in [0.15, 0.2) is 24.3 Å². The van der Waals surface area contributed by atoms with Crippen molar-refractivity contribution in [3.8, 4) is 0 Å². The van der Waals surface area contributed by atoms with Gasteiger partial charge in [-0.3, -0.25) is 4.79 Å². The van der Waals surface area contributed by atoms with E-state index >= 15 is 0 Å². The van der Waals surface area contributed by atoms with Crippen LogP contribution in [0.2, 0.25) is 0 Å².